The Balaban J connectivity index is 2.44. The molecular weight excluding hydrogens is 219 g/mol. The Bertz CT molecular complexity index is 564. The van der Waals surface area contributed by atoms with E-state index >= 15 is 0 Å². The summed E-state index contributed by atoms with van der Waals surface area (Å²) in [5, 5.41) is 0. The zero-order valence-electron chi connectivity index (χ0n) is 9.57. The van der Waals surface area contributed by atoms with Gasteiger partial charge in [0.15, 0.2) is 11.6 Å². The van der Waals surface area contributed by atoms with Crippen LogP contribution >= 0.6 is 0 Å². The lowest BCUT2D eigenvalue weighted by Gasteiger charge is -2.04. The number of aryl methyl sites for hydroxylation is 1. The first kappa shape index (κ1) is 11.4. The van der Waals surface area contributed by atoms with Gasteiger partial charge in [0.2, 0.25) is 0 Å². The molecule has 17 heavy (non-hydrogen) atoms. The van der Waals surface area contributed by atoms with Crippen molar-refractivity contribution in [3.8, 4) is 11.4 Å². The molecule has 0 saturated carbocycles. The highest BCUT2D eigenvalue weighted by Gasteiger charge is 2.08. The lowest BCUT2D eigenvalue weighted by molar-refractivity contribution is 0.101. The topological polar surface area (TPSA) is 42.9 Å². The SMILES string of the molecule is CC(=O)c1cnc(-c2ccc(F)cc2)nc1C. The number of hydrogen-bond acceptors (Lipinski definition) is 3. The van der Waals surface area contributed by atoms with Crippen molar-refractivity contribution in [1.82, 2.24) is 9.97 Å². The quantitative estimate of drug-likeness (QED) is 0.745. The largest absolute Gasteiger partial charge is 0.294 e. The van der Waals surface area contributed by atoms with Crippen LogP contribution in [0.2, 0.25) is 0 Å². The molecule has 0 atom stereocenters. The zero-order valence-corrected chi connectivity index (χ0v) is 9.57. The molecule has 0 aliphatic carbocycles. The van der Waals surface area contributed by atoms with Gasteiger partial charge in [0.1, 0.15) is 5.82 Å². The van der Waals surface area contributed by atoms with E-state index in [0.717, 1.165) is 5.56 Å². The molecule has 2 aromatic rings. The monoisotopic (exact) mass is 230 g/mol. The summed E-state index contributed by atoms with van der Waals surface area (Å²) >= 11 is 0. The van der Waals surface area contributed by atoms with E-state index in [9.17, 15) is 9.18 Å². The van der Waals surface area contributed by atoms with Crippen LogP contribution in [-0.2, 0) is 0 Å². The van der Waals surface area contributed by atoms with Gasteiger partial charge in [0.25, 0.3) is 0 Å². The molecule has 0 aliphatic rings. The van der Waals surface area contributed by atoms with Crippen LogP contribution in [0, 0.1) is 12.7 Å². The Hall–Kier alpha value is -2.10. The average Bonchev–Trinajstić information content (AvgIpc) is 2.29. The van der Waals surface area contributed by atoms with Crippen LogP contribution in [0.5, 0.6) is 0 Å². The minimum absolute atomic E-state index is 0.0619. The smallest absolute Gasteiger partial charge is 0.163 e. The van der Waals surface area contributed by atoms with Crippen molar-refractivity contribution in [3.63, 3.8) is 0 Å². The maximum absolute atomic E-state index is 12.8. The van der Waals surface area contributed by atoms with Crippen molar-refractivity contribution >= 4 is 5.78 Å². The lowest BCUT2D eigenvalue weighted by Crippen LogP contribution is -2.02. The Kier molecular flexibility index (Phi) is 2.95. The van der Waals surface area contributed by atoms with Gasteiger partial charge in [-0.05, 0) is 38.1 Å². The van der Waals surface area contributed by atoms with Crippen LogP contribution < -0.4 is 0 Å². The van der Waals surface area contributed by atoms with Gasteiger partial charge >= 0.3 is 0 Å². The van der Waals surface area contributed by atoms with Crippen LogP contribution in [0.25, 0.3) is 11.4 Å². The van der Waals surface area contributed by atoms with Crippen LogP contribution in [-0.4, -0.2) is 15.8 Å². The van der Waals surface area contributed by atoms with Crippen LogP contribution in [0.15, 0.2) is 30.5 Å². The minimum Gasteiger partial charge on any atom is -0.294 e. The highest BCUT2D eigenvalue weighted by atomic mass is 19.1. The van der Waals surface area contributed by atoms with Crippen molar-refractivity contribution in [2.24, 2.45) is 0 Å². The van der Waals surface area contributed by atoms with Gasteiger partial charge in [-0.25, -0.2) is 14.4 Å². The molecule has 0 amide bonds. The maximum atomic E-state index is 12.8. The number of halogens is 1. The molecule has 0 spiro atoms. The van der Waals surface area contributed by atoms with E-state index in [1.165, 1.54) is 25.3 Å². The summed E-state index contributed by atoms with van der Waals surface area (Å²) in [6.45, 7) is 3.23. The number of rotatable bonds is 2. The second kappa shape index (κ2) is 4.41. The van der Waals surface area contributed by atoms with Gasteiger partial charge in [-0.15, -0.1) is 0 Å². The number of carbonyl (C=O) groups is 1. The Morgan fingerprint density at radius 2 is 1.88 bits per heavy atom. The third kappa shape index (κ3) is 2.36. The maximum Gasteiger partial charge on any atom is 0.163 e. The van der Waals surface area contributed by atoms with E-state index in [1.54, 1.807) is 19.1 Å². The third-order valence-corrected chi connectivity index (χ3v) is 2.46. The van der Waals surface area contributed by atoms with Gasteiger partial charge in [0.05, 0.1) is 11.3 Å². The van der Waals surface area contributed by atoms with E-state index in [2.05, 4.69) is 9.97 Å². The van der Waals surface area contributed by atoms with E-state index in [0.29, 0.717) is 17.1 Å². The van der Waals surface area contributed by atoms with Crippen molar-refractivity contribution in [3.05, 3.63) is 47.5 Å². The van der Waals surface area contributed by atoms with Gasteiger partial charge in [-0.1, -0.05) is 0 Å². The van der Waals surface area contributed by atoms with Gasteiger partial charge < -0.3 is 0 Å². The molecular formula is C13H11FN2O. The fourth-order valence-electron chi connectivity index (χ4n) is 1.55. The Morgan fingerprint density at radius 1 is 1.24 bits per heavy atom. The molecule has 3 nitrogen and oxygen atoms in total. The third-order valence-electron chi connectivity index (χ3n) is 2.46. The van der Waals surface area contributed by atoms with Crippen LogP contribution in [0.1, 0.15) is 23.0 Å². The molecule has 0 N–H and O–H groups in total. The molecule has 0 fully saturated rings. The minimum atomic E-state index is -0.300. The van der Waals surface area contributed by atoms with Gasteiger partial charge in [-0.3, -0.25) is 4.79 Å². The Morgan fingerprint density at radius 3 is 2.41 bits per heavy atom. The molecule has 1 heterocycles. The standard InChI is InChI=1S/C13H11FN2O/c1-8-12(9(2)17)7-15-13(16-8)10-3-5-11(14)6-4-10/h3-7H,1-2H3. The van der Waals surface area contributed by atoms with Gasteiger partial charge in [-0.2, -0.15) is 0 Å². The highest BCUT2D eigenvalue weighted by molar-refractivity contribution is 5.94. The summed E-state index contributed by atoms with van der Waals surface area (Å²) in [5.74, 6) is 0.131. The second-order valence-corrected chi connectivity index (χ2v) is 3.76. The van der Waals surface area contributed by atoms with Crippen molar-refractivity contribution in [1.29, 1.82) is 0 Å². The van der Waals surface area contributed by atoms with E-state index < -0.39 is 0 Å². The molecule has 86 valence electrons. The average molecular weight is 230 g/mol. The highest BCUT2D eigenvalue weighted by Crippen LogP contribution is 2.16. The normalized spacial score (nSPS) is 10.3. The predicted octanol–water partition coefficient (Wildman–Crippen LogP) is 2.79. The first-order chi connectivity index (χ1) is 8.08. The number of hydrogen-bond donors (Lipinski definition) is 0. The van der Waals surface area contributed by atoms with Crippen LogP contribution in [0.4, 0.5) is 4.39 Å². The summed E-state index contributed by atoms with van der Waals surface area (Å²) in [5.41, 5.74) is 1.87. The molecule has 0 unspecified atom stereocenters. The number of Topliss-reactive ketones (excluding diaryl/α,β-unsaturated/α-hetero) is 1. The van der Waals surface area contributed by atoms with E-state index in [-0.39, 0.29) is 11.6 Å². The summed E-state index contributed by atoms with van der Waals surface area (Å²) in [6.07, 6.45) is 1.50. The summed E-state index contributed by atoms with van der Waals surface area (Å²) in [4.78, 5) is 19.6. The molecule has 4 heteroatoms. The predicted molar refractivity (Wildman–Crippen MR) is 62.2 cm³/mol. The zero-order chi connectivity index (χ0) is 12.4. The molecule has 0 aliphatic heterocycles. The summed E-state index contributed by atoms with van der Waals surface area (Å²) in [6, 6.07) is 5.93. The van der Waals surface area contributed by atoms with Gasteiger partial charge in [0, 0.05) is 11.8 Å². The molecule has 1 aromatic heterocycles. The van der Waals surface area contributed by atoms with Crippen molar-refractivity contribution in [2.75, 3.05) is 0 Å². The molecule has 0 radical (unpaired) electrons. The first-order valence-corrected chi connectivity index (χ1v) is 5.18. The summed E-state index contributed by atoms with van der Waals surface area (Å²) in [7, 11) is 0. The Labute approximate surface area is 98.3 Å². The first-order valence-electron chi connectivity index (χ1n) is 5.18. The number of benzene rings is 1. The number of ketones is 1. The van der Waals surface area contributed by atoms with E-state index in [1.807, 2.05) is 0 Å². The molecule has 1 aromatic carbocycles. The molecule has 0 bridgehead atoms. The van der Waals surface area contributed by atoms with Crippen LogP contribution in [0.3, 0.4) is 0 Å². The summed E-state index contributed by atoms with van der Waals surface area (Å²) < 4.78 is 12.8. The second-order valence-electron chi connectivity index (χ2n) is 3.76. The number of nitrogens with zero attached hydrogens (tertiary/aromatic N) is 2. The number of aromatic nitrogens is 2. The fraction of sp³-hybridized carbons (Fsp3) is 0.154. The number of carbonyl (C=O) groups excluding carboxylic acids is 1. The van der Waals surface area contributed by atoms with Crippen molar-refractivity contribution in [2.45, 2.75) is 13.8 Å². The van der Waals surface area contributed by atoms with E-state index in [4.69, 9.17) is 0 Å². The fourth-order valence-corrected chi connectivity index (χ4v) is 1.55. The molecule has 0 saturated heterocycles. The van der Waals surface area contributed by atoms with Crippen molar-refractivity contribution < 1.29 is 9.18 Å². The molecule has 2 rings (SSSR count). The lowest BCUT2D eigenvalue weighted by atomic mass is 10.1.